The molecule has 1 N–H and O–H groups in total. The van der Waals surface area contributed by atoms with Crippen LogP contribution in [0.1, 0.15) is 11.8 Å². The van der Waals surface area contributed by atoms with Gasteiger partial charge in [0.2, 0.25) is 0 Å². The summed E-state index contributed by atoms with van der Waals surface area (Å²) in [7, 11) is 0. The lowest BCUT2D eigenvalue weighted by molar-refractivity contribution is 0.245. The zero-order chi connectivity index (χ0) is 7.40. The standard InChI is InChI=1S/C8H10OS/c1-7(9)4-5-8-3-2-6-10-8/h2-7,9H,1H3/b5-4+/t7-/m0/s1. The Labute approximate surface area is 64.6 Å². The van der Waals surface area contributed by atoms with Gasteiger partial charge in [-0.25, -0.2) is 0 Å². The molecule has 0 amide bonds. The van der Waals surface area contributed by atoms with Gasteiger partial charge in [0.1, 0.15) is 0 Å². The van der Waals surface area contributed by atoms with Gasteiger partial charge in [-0.2, -0.15) is 0 Å². The summed E-state index contributed by atoms with van der Waals surface area (Å²) in [5, 5.41) is 10.9. The fraction of sp³-hybridized carbons (Fsp3) is 0.250. The van der Waals surface area contributed by atoms with Crippen LogP contribution >= 0.6 is 11.3 Å². The molecule has 0 saturated heterocycles. The molecule has 1 nitrogen and oxygen atoms in total. The topological polar surface area (TPSA) is 20.2 Å². The molecule has 2 heteroatoms. The Hall–Kier alpha value is -0.600. The average Bonchev–Trinajstić information content (AvgIpc) is 2.34. The summed E-state index contributed by atoms with van der Waals surface area (Å²) in [5.74, 6) is 0. The molecule has 1 atom stereocenters. The highest BCUT2D eigenvalue weighted by molar-refractivity contribution is 7.10. The van der Waals surface area contributed by atoms with E-state index in [2.05, 4.69) is 0 Å². The van der Waals surface area contributed by atoms with Crippen molar-refractivity contribution in [3.8, 4) is 0 Å². The molecule has 0 aliphatic heterocycles. The largest absolute Gasteiger partial charge is 0.389 e. The van der Waals surface area contributed by atoms with Crippen molar-refractivity contribution in [3.05, 3.63) is 28.5 Å². The number of aliphatic hydroxyl groups excluding tert-OH is 1. The Kier molecular flexibility index (Phi) is 2.66. The lowest BCUT2D eigenvalue weighted by Gasteiger charge is -1.90. The van der Waals surface area contributed by atoms with Gasteiger partial charge in [-0.05, 0) is 24.4 Å². The molecule has 0 bridgehead atoms. The van der Waals surface area contributed by atoms with Gasteiger partial charge in [-0.1, -0.05) is 12.1 Å². The molecule has 0 aliphatic carbocycles. The Balaban J connectivity index is 2.55. The highest BCUT2D eigenvalue weighted by Gasteiger charge is 1.87. The molecule has 1 heterocycles. The SMILES string of the molecule is C[C@H](O)/C=C/c1cccs1. The number of aliphatic hydroxyl groups is 1. The van der Waals surface area contributed by atoms with E-state index in [0.29, 0.717) is 0 Å². The van der Waals surface area contributed by atoms with E-state index in [9.17, 15) is 0 Å². The van der Waals surface area contributed by atoms with E-state index in [1.54, 1.807) is 24.3 Å². The lowest BCUT2D eigenvalue weighted by atomic mass is 10.3. The maximum absolute atomic E-state index is 8.87. The van der Waals surface area contributed by atoms with Gasteiger partial charge < -0.3 is 5.11 Å². The molecule has 10 heavy (non-hydrogen) atoms. The molecule has 1 aromatic rings. The van der Waals surface area contributed by atoms with E-state index in [1.165, 1.54) is 4.88 Å². The number of thiophene rings is 1. The highest BCUT2D eigenvalue weighted by Crippen LogP contribution is 2.10. The van der Waals surface area contributed by atoms with Crippen LogP contribution in [-0.2, 0) is 0 Å². The Morgan fingerprint density at radius 2 is 2.50 bits per heavy atom. The molecule has 54 valence electrons. The second-order valence-corrected chi connectivity index (χ2v) is 3.09. The monoisotopic (exact) mass is 154 g/mol. The zero-order valence-corrected chi connectivity index (χ0v) is 6.64. The average molecular weight is 154 g/mol. The lowest BCUT2D eigenvalue weighted by Crippen LogP contribution is -1.90. The molecular weight excluding hydrogens is 144 g/mol. The number of hydrogen-bond donors (Lipinski definition) is 1. The van der Waals surface area contributed by atoms with Crippen molar-refractivity contribution in [3.63, 3.8) is 0 Å². The van der Waals surface area contributed by atoms with Gasteiger partial charge in [0.15, 0.2) is 0 Å². The van der Waals surface area contributed by atoms with E-state index in [-0.39, 0.29) is 6.10 Å². The smallest absolute Gasteiger partial charge is 0.0696 e. The van der Waals surface area contributed by atoms with Crippen LogP contribution in [0.5, 0.6) is 0 Å². The normalized spacial score (nSPS) is 14.2. The van der Waals surface area contributed by atoms with E-state index < -0.39 is 0 Å². The third-order valence-corrected chi connectivity index (χ3v) is 1.92. The first kappa shape index (κ1) is 7.51. The zero-order valence-electron chi connectivity index (χ0n) is 5.82. The summed E-state index contributed by atoms with van der Waals surface area (Å²) in [6.45, 7) is 1.74. The summed E-state index contributed by atoms with van der Waals surface area (Å²) < 4.78 is 0. The predicted octanol–water partition coefficient (Wildman–Crippen LogP) is 2.14. The van der Waals surface area contributed by atoms with Crippen molar-refractivity contribution in [2.45, 2.75) is 13.0 Å². The molecule has 1 aromatic heterocycles. The van der Waals surface area contributed by atoms with Crippen LogP contribution in [0.3, 0.4) is 0 Å². The first-order chi connectivity index (χ1) is 4.79. The Morgan fingerprint density at radius 3 is 3.00 bits per heavy atom. The van der Waals surface area contributed by atoms with Crippen molar-refractivity contribution < 1.29 is 5.11 Å². The van der Waals surface area contributed by atoms with Crippen molar-refractivity contribution >= 4 is 17.4 Å². The summed E-state index contributed by atoms with van der Waals surface area (Å²) >= 11 is 1.67. The maximum atomic E-state index is 8.87. The molecule has 0 aliphatic rings. The minimum atomic E-state index is -0.345. The van der Waals surface area contributed by atoms with E-state index in [1.807, 2.05) is 23.6 Å². The van der Waals surface area contributed by atoms with Crippen molar-refractivity contribution in [1.82, 2.24) is 0 Å². The van der Waals surface area contributed by atoms with Crippen LogP contribution in [0.2, 0.25) is 0 Å². The first-order valence-corrected chi connectivity index (χ1v) is 4.07. The van der Waals surface area contributed by atoms with Crippen LogP contribution < -0.4 is 0 Å². The fourth-order valence-corrected chi connectivity index (χ4v) is 1.25. The van der Waals surface area contributed by atoms with Crippen LogP contribution in [0.4, 0.5) is 0 Å². The van der Waals surface area contributed by atoms with Gasteiger partial charge in [-0.15, -0.1) is 11.3 Å². The second-order valence-electron chi connectivity index (χ2n) is 2.12. The molecule has 0 radical (unpaired) electrons. The van der Waals surface area contributed by atoms with Crippen molar-refractivity contribution in [2.75, 3.05) is 0 Å². The van der Waals surface area contributed by atoms with E-state index in [4.69, 9.17) is 5.11 Å². The summed E-state index contributed by atoms with van der Waals surface area (Å²) in [6.07, 6.45) is 3.35. The van der Waals surface area contributed by atoms with Crippen LogP contribution in [-0.4, -0.2) is 11.2 Å². The number of rotatable bonds is 2. The molecule has 0 aromatic carbocycles. The maximum Gasteiger partial charge on any atom is 0.0696 e. The summed E-state index contributed by atoms with van der Waals surface area (Å²) in [6, 6.07) is 4.01. The van der Waals surface area contributed by atoms with Gasteiger partial charge in [0.05, 0.1) is 6.10 Å². The molecule has 0 saturated carbocycles. The molecule has 0 spiro atoms. The molecule has 0 fully saturated rings. The molecule has 0 unspecified atom stereocenters. The minimum absolute atomic E-state index is 0.345. The number of hydrogen-bond acceptors (Lipinski definition) is 2. The van der Waals surface area contributed by atoms with Gasteiger partial charge in [0, 0.05) is 4.88 Å². The third kappa shape index (κ3) is 2.33. The Morgan fingerprint density at radius 1 is 1.70 bits per heavy atom. The van der Waals surface area contributed by atoms with Crippen molar-refractivity contribution in [2.24, 2.45) is 0 Å². The third-order valence-electron chi connectivity index (χ3n) is 1.08. The molecule has 1 rings (SSSR count). The highest BCUT2D eigenvalue weighted by atomic mass is 32.1. The van der Waals surface area contributed by atoms with Crippen molar-refractivity contribution in [1.29, 1.82) is 0 Å². The summed E-state index contributed by atoms with van der Waals surface area (Å²) in [5.41, 5.74) is 0. The fourth-order valence-electron chi connectivity index (χ4n) is 0.620. The van der Waals surface area contributed by atoms with Gasteiger partial charge in [-0.3, -0.25) is 0 Å². The van der Waals surface area contributed by atoms with Crippen LogP contribution in [0.25, 0.3) is 6.08 Å². The minimum Gasteiger partial charge on any atom is -0.389 e. The van der Waals surface area contributed by atoms with Crippen LogP contribution in [0.15, 0.2) is 23.6 Å². The van der Waals surface area contributed by atoms with Crippen LogP contribution in [0, 0.1) is 0 Å². The van der Waals surface area contributed by atoms with E-state index >= 15 is 0 Å². The Bertz CT molecular complexity index is 199. The predicted molar refractivity (Wildman–Crippen MR) is 45.0 cm³/mol. The van der Waals surface area contributed by atoms with Gasteiger partial charge in [0.25, 0.3) is 0 Å². The summed E-state index contributed by atoms with van der Waals surface area (Å²) in [4.78, 5) is 1.18. The van der Waals surface area contributed by atoms with E-state index in [0.717, 1.165) is 0 Å². The quantitative estimate of drug-likeness (QED) is 0.692. The first-order valence-electron chi connectivity index (χ1n) is 3.19. The van der Waals surface area contributed by atoms with Gasteiger partial charge >= 0.3 is 0 Å². The molecular formula is C8H10OS. The second kappa shape index (κ2) is 3.54.